The van der Waals surface area contributed by atoms with Crippen LogP contribution in [0.15, 0.2) is 24.5 Å². The van der Waals surface area contributed by atoms with E-state index in [2.05, 4.69) is 34.8 Å². The fourth-order valence-corrected chi connectivity index (χ4v) is 3.08. The van der Waals surface area contributed by atoms with Crippen molar-refractivity contribution in [2.75, 3.05) is 31.1 Å². The van der Waals surface area contributed by atoms with Gasteiger partial charge in [0.1, 0.15) is 12.1 Å². The lowest BCUT2D eigenvalue weighted by Crippen LogP contribution is -2.37. The Kier molecular flexibility index (Phi) is 4.22. The van der Waals surface area contributed by atoms with Gasteiger partial charge in [-0.15, -0.1) is 0 Å². The second-order valence-electron chi connectivity index (χ2n) is 5.82. The lowest BCUT2D eigenvalue weighted by atomic mass is 10.1. The molecule has 5 heteroatoms. The minimum Gasteiger partial charge on any atom is -0.347 e. The van der Waals surface area contributed by atoms with Gasteiger partial charge in [-0.1, -0.05) is 19.1 Å². The van der Waals surface area contributed by atoms with Crippen LogP contribution in [0.25, 0.3) is 10.9 Å². The Morgan fingerprint density at radius 3 is 2.91 bits per heavy atom. The first kappa shape index (κ1) is 14.8. The van der Waals surface area contributed by atoms with E-state index in [-0.39, 0.29) is 5.91 Å². The summed E-state index contributed by atoms with van der Waals surface area (Å²) >= 11 is 0. The van der Waals surface area contributed by atoms with Crippen LogP contribution in [0.5, 0.6) is 0 Å². The van der Waals surface area contributed by atoms with Crippen LogP contribution in [0.1, 0.15) is 25.3 Å². The van der Waals surface area contributed by atoms with Crippen molar-refractivity contribution < 1.29 is 4.79 Å². The molecule has 1 aliphatic heterocycles. The molecule has 0 radical (unpaired) electrons. The van der Waals surface area contributed by atoms with E-state index in [0.717, 1.165) is 54.8 Å². The summed E-state index contributed by atoms with van der Waals surface area (Å²) in [5.41, 5.74) is 2.10. The highest BCUT2D eigenvalue weighted by Gasteiger charge is 2.23. The number of rotatable bonds is 3. The van der Waals surface area contributed by atoms with Crippen LogP contribution in [0.2, 0.25) is 0 Å². The van der Waals surface area contributed by atoms with Crippen molar-refractivity contribution in [3.05, 3.63) is 30.1 Å². The number of benzene rings is 1. The summed E-state index contributed by atoms with van der Waals surface area (Å²) in [5, 5.41) is 1.03. The van der Waals surface area contributed by atoms with E-state index in [4.69, 9.17) is 0 Å². The normalized spacial score (nSPS) is 16.2. The van der Waals surface area contributed by atoms with Crippen LogP contribution < -0.4 is 4.90 Å². The molecule has 0 aliphatic carbocycles. The van der Waals surface area contributed by atoms with Crippen LogP contribution in [0.4, 0.5) is 5.82 Å². The van der Waals surface area contributed by atoms with Gasteiger partial charge in [-0.2, -0.15) is 0 Å². The highest BCUT2D eigenvalue weighted by Crippen LogP contribution is 2.25. The third-order valence-corrected chi connectivity index (χ3v) is 4.17. The van der Waals surface area contributed by atoms with E-state index in [1.807, 2.05) is 17.0 Å². The van der Waals surface area contributed by atoms with Crippen LogP contribution >= 0.6 is 0 Å². The molecule has 0 atom stereocenters. The molecule has 5 nitrogen and oxygen atoms in total. The number of amides is 1. The molecule has 1 saturated heterocycles. The maximum absolute atomic E-state index is 12.4. The molecule has 0 N–H and O–H groups in total. The number of hydrogen-bond acceptors (Lipinski definition) is 4. The highest BCUT2D eigenvalue weighted by molar-refractivity contribution is 5.93. The third-order valence-electron chi connectivity index (χ3n) is 4.17. The number of fused-ring (bicyclic) bond motifs is 1. The molecule has 0 saturated carbocycles. The molecular formula is C17H22N4O. The molecule has 3 rings (SSSR count). The smallest absolute Gasteiger partial charge is 0.242 e. The van der Waals surface area contributed by atoms with Gasteiger partial charge in [0, 0.05) is 25.0 Å². The highest BCUT2D eigenvalue weighted by atomic mass is 16.2. The summed E-state index contributed by atoms with van der Waals surface area (Å²) < 4.78 is 0. The van der Waals surface area contributed by atoms with Crippen molar-refractivity contribution in [3.8, 4) is 0 Å². The molecule has 1 amide bonds. The number of hydrogen-bond donors (Lipinski definition) is 0. The van der Waals surface area contributed by atoms with Crippen molar-refractivity contribution in [1.82, 2.24) is 14.9 Å². The zero-order valence-corrected chi connectivity index (χ0v) is 13.2. The predicted molar refractivity (Wildman–Crippen MR) is 88.0 cm³/mol. The van der Waals surface area contributed by atoms with Crippen LogP contribution in [0.3, 0.4) is 0 Å². The molecule has 2 heterocycles. The van der Waals surface area contributed by atoms with Gasteiger partial charge in [-0.3, -0.25) is 4.79 Å². The summed E-state index contributed by atoms with van der Waals surface area (Å²) in [5.74, 6) is 1.07. The van der Waals surface area contributed by atoms with Gasteiger partial charge in [-0.05, 0) is 31.4 Å². The average molecular weight is 298 g/mol. The zero-order chi connectivity index (χ0) is 15.5. The molecule has 116 valence electrons. The number of aromatic nitrogens is 2. The van der Waals surface area contributed by atoms with E-state index in [9.17, 15) is 4.79 Å². The summed E-state index contributed by atoms with van der Waals surface area (Å²) in [6.45, 7) is 7.10. The Balaban J connectivity index is 1.94. The topological polar surface area (TPSA) is 49.3 Å². The molecule has 0 unspecified atom stereocenters. The molecule has 2 aromatic rings. The Morgan fingerprint density at radius 2 is 2.09 bits per heavy atom. The Morgan fingerprint density at radius 1 is 1.23 bits per heavy atom. The van der Waals surface area contributed by atoms with E-state index in [0.29, 0.717) is 6.54 Å². The minimum absolute atomic E-state index is 0.193. The first-order chi connectivity index (χ1) is 10.7. The Bertz CT molecular complexity index is 685. The number of carbonyl (C=O) groups excluding carboxylic acids is 1. The predicted octanol–water partition coefficient (Wildman–Crippen LogP) is 2.39. The lowest BCUT2D eigenvalue weighted by molar-refractivity contribution is -0.129. The summed E-state index contributed by atoms with van der Waals surface area (Å²) in [4.78, 5) is 25.4. The van der Waals surface area contributed by atoms with Crippen molar-refractivity contribution in [2.45, 2.75) is 26.7 Å². The standard InChI is InChI=1S/C17H22N4O/c1-3-8-20-9-5-10-21(11-15(20)22)17-14-7-4-6-13(2)16(14)18-12-19-17/h4,6-7,12H,3,5,8-11H2,1-2H3. The van der Waals surface area contributed by atoms with Crippen LogP contribution in [-0.2, 0) is 4.79 Å². The van der Waals surface area contributed by atoms with E-state index >= 15 is 0 Å². The minimum atomic E-state index is 0.193. The number of carbonyl (C=O) groups is 1. The van der Waals surface area contributed by atoms with E-state index < -0.39 is 0 Å². The number of nitrogens with zero attached hydrogens (tertiary/aromatic N) is 4. The quantitative estimate of drug-likeness (QED) is 0.873. The number of para-hydroxylation sites is 1. The van der Waals surface area contributed by atoms with E-state index in [1.54, 1.807) is 6.33 Å². The molecule has 0 spiro atoms. The van der Waals surface area contributed by atoms with Crippen LogP contribution in [-0.4, -0.2) is 47.0 Å². The average Bonchev–Trinajstić information content (AvgIpc) is 2.70. The van der Waals surface area contributed by atoms with Gasteiger partial charge in [0.15, 0.2) is 0 Å². The zero-order valence-electron chi connectivity index (χ0n) is 13.2. The number of aryl methyl sites for hydroxylation is 1. The number of anilines is 1. The summed E-state index contributed by atoms with van der Waals surface area (Å²) in [6, 6.07) is 6.11. The Hall–Kier alpha value is -2.17. The van der Waals surface area contributed by atoms with E-state index in [1.165, 1.54) is 0 Å². The molecule has 0 bridgehead atoms. The van der Waals surface area contributed by atoms with Gasteiger partial charge in [0.05, 0.1) is 12.1 Å². The van der Waals surface area contributed by atoms with Gasteiger partial charge < -0.3 is 9.80 Å². The first-order valence-corrected chi connectivity index (χ1v) is 7.93. The summed E-state index contributed by atoms with van der Waals surface area (Å²) in [7, 11) is 0. The van der Waals surface area contributed by atoms with Crippen molar-refractivity contribution in [3.63, 3.8) is 0 Å². The molecule has 1 aromatic carbocycles. The third kappa shape index (κ3) is 2.75. The second-order valence-corrected chi connectivity index (χ2v) is 5.82. The molecule has 1 aliphatic rings. The van der Waals surface area contributed by atoms with Gasteiger partial charge in [0.25, 0.3) is 0 Å². The van der Waals surface area contributed by atoms with Gasteiger partial charge >= 0.3 is 0 Å². The molecular weight excluding hydrogens is 276 g/mol. The molecule has 1 fully saturated rings. The van der Waals surface area contributed by atoms with Crippen molar-refractivity contribution in [2.24, 2.45) is 0 Å². The SMILES string of the molecule is CCCN1CCCN(c2ncnc3c(C)cccc23)CC1=O. The largest absolute Gasteiger partial charge is 0.347 e. The maximum Gasteiger partial charge on any atom is 0.242 e. The first-order valence-electron chi connectivity index (χ1n) is 7.93. The Labute approximate surface area is 131 Å². The summed E-state index contributed by atoms with van der Waals surface area (Å²) in [6.07, 6.45) is 3.58. The van der Waals surface area contributed by atoms with Crippen molar-refractivity contribution in [1.29, 1.82) is 0 Å². The second kappa shape index (κ2) is 6.30. The monoisotopic (exact) mass is 298 g/mol. The molecule has 1 aromatic heterocycles. The van der Waals surface area contributed by atoms with Gasteiger partial charge in [0.2, 0.25) is 5.91 Å². The van der Waals surface area contributed by atoms with Crippen molar-refractivity contribution >= 4 is 22.6 Å². The fraction of sp³-hybridized carbons (Fsp3) is 0.471. The lowest BCUT2D eigenvalue weighted by Gasteiger charge is -2.23. The molecule has 22 heavy (non-hydrogen) atoms. The fourth-order valence-electron chi connectivity index (χ4n) is 3.08. The maximum atomic E-state index is 12.4. The van der Waals surface area contributed by atoms with Gasteiger partial charge in [-0.25, -0.2) is 9.97 Å². The van der Waals surface area contributed by atoms with Crippen LogP contribution in [0, 0.1) is 6.92 Å².